The lowest BCUT2D eigenvalue weighted by Crippen LogP contribution is -2.43. The van der Waals surface area contributed by atoms with Gasteiger partial charge in [0.2, 0.25) is 5.91 Å². The van der Waals surface area contributed by atoms with E-state index in [1.54, 1.807) is 0 Å². The van der Waals surface area contributed by atoms with Crippen molar-refractivity contribution in [3.8, 4) is 0 Å². The zero-order valence-corrected chi connectivity index (χ0v) is 9.66. The highest BCUT2D eigenvalue weighted by molar-refractivity contribution is 6.01. The summed E-state index contributed by atoms with van der Waals surface area (Å²) < 4.78 is 0. The van der Waals surface area contributed by atoms with E-state index in [0.717, 1.165) is 16.9 Å². The Morgan fingerprint density at radius 2 is 2.31 bits per heavy atom. The second kappa shape index (κ2) is 4.14. The number of hydrogen-bond donors (Lipinski definition) is 2. The summed E-state index contributed by atoms with van der Waals surface area (Å²) in [4.78, 5) is 13.6. The van der Waals surface area contributed by atoms with Crippen LogP contribution in [0.2, 0.25) is 0 Å². The molecule has 0 spiro atoms. The lowest BCUT2D eigenvalue weighted by molar-refractivity contribution is -0.115. The van der Waals surface area contributed by atoms with Crippen molar-refractivity contribution >= 4 is 17.3 Å². The molecule has 0 aromatic heterocycles. The molecule has 1 aliphatic heterocycles. The van der Waals surface area contributed by atoms with Gasteiger partial charge in [-0.05, 0) is 31.5 Å². The van der Waals surface area contributed by atoms with Gasteiger partial charge < -0.3 is 16.0 Å². The summed E-state index contributed by atoms with van der Waals surface area (Å²) in [6.45, 7) is 5.04. The molecule has 0 fully saturated rings. The van der Waals surface area contributed by atoms with Crippen molar-refractivity contribution in [3.63, 3.8) is 0 Å². The van der Waals surface area contributed by atoms with Gasteiger partial charge in [-0.25, -0.2) is 0 Å². The number of nitrogens with one attached hydrogen (secondary N) is 1. The number of amides is 1. The van der Waals surface area contributed by atoms with Gasteiger partial charge in [-0.1, -0.05) is 6.07 Å². The topological polar surface area (TPSA) is 58.4 Å². The molecule has 1 aromatic carbocycles. The monoisotopic (exact) mass is 219 g/mol. The maximum Gasteiger partial charge on any atom is 0.243 e. The fourth-order valence-electron chi connectivity index (χ4n) is 1.98. The summed E-state index contributed by atoms with van der Waals surface area (Å²) >= 11 is 0. The quantitative estimate of drug-likeness (QED) is 0.783. The Kier molecular flexibility index (Phi) is 2.83. The van der Waals surface area contributed by atoms with E-state index >= 15 is 0 Å². The standard InChI is InChI=1S/C12H17N3O/c1-8-3-4-11-10(5-8)14-12(16)7-15(11)6-9(2)13/h3-5,9H,6-7,13H2,1-2H3,(H,14,16). The molecule has 4 nitrogen and oxygen atoms in total. The van der Waals surface area contributed by atoms with Gasteiger partial charge >= 0.3 is 0 Å². The molecule has 3 N–H and O–H groups in total. The average Bonchev–Trinajstić information content (AvgIpc) is 2.15. The van der Waals surface area contributed by atoms with E-state index < -0.39 is 0 Å². The number of aryl methyl sites for hydroxylation is 1. The highest BCUT2D eigenvalue weighted by Gasteiger charge is 2.22. The van der Waals surface area contributed by atoms with Crippen LogP contribution in [0.1, 0.15) is 12.5 Å². The van der Waals surface area contributed by atoms with Gasteiger partial charge in [0.1, 0.15) is 0 Å². The number of anilines is 2. The van der Waals surface area contributed by atoms with Crippen molar-refractivity contribution in [2.45, 2.75) is 19.9 Å². The maximum atomic E-state index is 11.5. The number of nitrogens with two attached hydrogens (primary N) is 1. The molecule has 1 heterocycles. The molecular weight excluding hydrogens is 202 g/mol. The highest BCUT2D eigenvalue weighted by Crippen LogP contribution is 2.30. The maximum absolute atomic E-state index is 11.5. The zero-order chi connectivity index (χ0) is 11.7. The Balaban J connectivity index is 2.34. The van der Waals surface area contributed by atoms with E-state index in [4.69, 9.17) is 5.73 Å². The first-order chi connectivity index (χ1) is 7.56. The van der Waals surface area contributed by atoms with Crippen molar-refractivity contribution in [3.05, 3.63) is 23.8 Å². The molecule has 0 bridgehead atoms. The van der Waals surface area contributed by atoms with Crippen molar-refractivity contribution < 1.29 is 4.79 Å². The van der Waals surface area contributed by atoms with Gasteiger partial charge in [0.15, 0.2) is 0 Å². The van der Waals surface area contributed by atoms with Gasteiger partial charge in [0, 0.05) is 12.6 Å². The zero-order valence-electron chi connectivity index (χ0n) is 9.66. The van der Waals surface area contributed by atoms with Crippen molar-refractivity contribution in [2.75, 3.05) is 23.3 Å². The molecule has 1 aromatic rings. The Hall–Kier alpha value is -1.55. The minimum Gasteiger partial charge on any atom is -0.359 e. The van der Waals surface area contributed by atoms with Crippen LogP contribution < -0.4 is 16.0 Å². The molecule has 1 aliphatic rings. The molecule has 1 amide bonds. The van der Waals surface area contributed by atoms with Gasteiger partial charge in [0.05, 0.1) is 17.9 Å². The van der Waals surface area contributed by atoms with E-state index in [2.05, 4.69) is 5.32 Å². The molecule has 2 rings (SSSR count). The Morgan fingerprint density at radius 3 is 3.00 bits per heavy atom. The number of carbonyl (C=O) groups is 1. The van der Waals surface area contributed by atoms with Crippen molar-refractivity contribution in [2.24, 2.45) is 5.73 Å². The van der Waals surface area contributed by atoms with E-state index in [9.17, 15) is 4.79 Å². The third-order valence-corrected chi connectivity index (χ3v) is 2.61. The van der Waals surface area contributed by atoms with Crippen LogP contribution in [0.25, 0.3) is 0 Å². The van der Waals surface area contributed by atoms with Gasteiger partial charge in [0.25, 0.3) is 0 Å². The smallest absolute Gasteiger partial charge is 0.243 e. The van der Waals surface area contributed by atoms with Gasteiger partial charge in [-0.15, -0.1) is 0 Å². The van der Waals surface area contributed by atoms with Crippen LogP contribution in [0.5, 0.6) is 0 Å². The molecule has 1 atom stereocenters. The third-order valence-electron chi connectivity index (χ3n) is 2.61. The molecule has 4 heteroatoms. The molecule has 0 saturated carbocycles. The SMILES string of the molecule is Cc1ccc2c(c1)NC(=O)CN2CC(C)N. The van der Waals surface area contributed by atoms with E-state index in [1.165, 1.54) is 0 Å². The average molecular weight is 219 g/mol. The van der Waals surface area contributed by atoms with E-state index in [1.807, 2.05) is 36.9 Å². The predicted molar refractivity (Wildman–Crippen MR) is 65.7 cm³/mol. The van der Waals surface area contributed by atoms with E-state index in [-0.39, 0.29) is 11.9 Å². The minimum atomic E-state index is 0.0266. The first-order valence-electron chi connectivity index (χ1n) is 5.47. The number of nitrogens with zero attached hydrogens (tertiary/aromatic N) is 1. The van der Waals surface area contributed by atoms with Crippen molar-refractivity contribution in [1.29, 1.82) is 0 Å². The second-order valence-corrected chi connectivity index (χ2v) is 4.43. The van der Waals surface area contributed by atoms with Crippen LogP contribution in [0.4, 0.5) is 11.4 Å². The first kappa shape index (κ1) is 11.0. The van der Waals surface area contributed by atoms with Gasteiger partial charge in [-0.3, -0.25) is 4.79 Å². The minimum absolute atomic E-state index is 0.0266. The third kappa shape index (κ3) is 2.17. The van der Waals surface area contributed by atoms with Gasteiger partial charge in [-0.2, -0.15) is 0 Å². The number of fused-ring (bicyclic) bond motifs is 1. The summed E-state index contributed by atoms with van der Waals surface area (Å²) in [5.41, 5.74) is 8.87. The predicted octanol–water partition coefficient (Wildman–Crippen LogP) is 1.10. The largest absolute Gasteiger partial charge is 0.359 e. The normalized spacial score (nSPS) is 16.7. The molecular formula is C12H17N3O. The lowest BCUT2D eigenvalue weighted by atomic mass is 10.1. The first-order valence-corrected chi connectivity index (χ1v) is 5.47. The highest BCUT2D eigenvalue weighted by atomic mass is 16.2. The summed E-state index contributed by atoms with van der Waals surface area (Å²) in [5.74, 6) is 0.0266. The Morgan fingerprint density at radius 1 is 1.56 bits per heavy atom. The lowest BCUT2D eigenvalue weighted by Gasteiger charge is -2.32. The van der Waals surface area contributed by atoms with Crippen LogP contribution in [0.3, 0.4) is 0 Å². The van der Waals surface area contributed by atoms with Crippen LogP contribution in [-0.4, -0.2) is 25.0 Å². The van der Waals surface area contributed by atoms with Crippen LogP contribution in [-0.2, 0) is 4.79 Å². The Labute approximate surface area is 95.4 Å². The number of rotatable bonds is 2. The molecule has 1 unspecified atom stereocenters. The van der Waals surface area contributed by atoms with Crippen LogP contribution in [0.15, 0.2) is 18.2 Å². The van der Waals surface area contributed by atoms with Crippen LogP contribution in [0, 0.1) is 6.92 Å². The van der Waals surface area contributed by atoms with Crippen molar-refractivity contribution in [1.82, 2.24) is 0 Å². The molecule has 16 heavy (non-hydrogen) atoms. The fraction of sp³-hybridized carbons (Fsp3) is 0.417. The molecule has 86 valence electrons. The Bertz CT molecular complexity index is 415. The summed E-state index contributed by atoms with van der Waals surface area (Å²) in [6.07, 6.45) is 0. The molecule has 0 saturated heterocycles. The summed E-state index contributed by atoms with van der Waals surface area (Å²) in [5, 5.41) is 2.88. The molecule has 0 radical (unpaired) electrons. The second-order valence-electron chi connectivity index (χ2n) is 4.43. The summed E-state index contributed by atoms with van der Waals surface area (Å²) in [7, 11) is 0. The summed E-state index contributed by atoms with van der Waals surface area (Å²) in [6, 6.07) is 6.12. The fourth-order valence-corrected chi connectivity index (χ4v) is 1.98. The van der Waals surface area contributed by atoms with E-state index in [0.29, 0.717) is 13.1 Å². The number of hydrogen-bond acceptors (Lipinski definition) is 3. The molecule has 0 aliphatic carbocycles. The number of benzene rings is 1. The van der Waals surface area contributed by atoms with Crippen LogP contribution >= 0.6 is 0 Å². The number of carbonyl (C=O) groups excluding carboxylic acids is 1.